The zero-order chi connectivity index (χ0) is 7.49. The molecule has 0 amide bonds. The standard InChI is InChI=1S/C6H14BNO/c1-6(2,7)5(9)4-8-3/h8H,4,7H2,1-3H3. The Hall–Kier alpha value is -0.305. The Kier molecular flexibility index (Phi) is 2.91. The van der Waals surface area contributed by atoms with Crippen molar-refractivity contribution < 1.29 is 4.79 Å². The Labute approximate surface area is 57.4 Å². The van der Waals surface area contributed by atoms with Gasteiger partial charge in [0.25, 0.3) is 0 Å². The van der Waals surface area contributed by atoms with Gasteiger partial charge in [-0.25, -0.2) is 0 Å². The molecule has 0 aromatic heterocycles. The van der Waals surface area contributed by atoms with Crippen molar-refractivity contribution in [3.8, 4) is 0 Å². The lowest BCUT2D eigenvalue weighted by Crippen LogP contribution is -2.27. The van der Waals surface area contributed by atoms with E-state index in [1.54, 1.807) is 7.05 Å². The summed E-state index contributed by atoms with van der Waals surface area (Å²) < 4.78 is 0. The van der Waals surface area contributed by atoms with Gasteiger partial charge >= 0.3 is 0 Å². The fraction of sp³-hybridized carbons (Fsp3) is 0.833. The molecule has 1 N–H and O–H groups in total. The molecule has 0 aromatic rings. The van der Waals surface area contributed by atoms with Crippen molar-refractivity contribution in [3.05, 3.63) is 0 Å². The van der Waals surface area contributed by atoms with Gasteiger partial charge in [-0.2, -0.15) is 0 Å². The Morgan fingerprint density at radius 2 is 2.11 bits per heavy atom. The lowest BCUT2D eigenvalue weighted by Gasteiger charge is -2.15. The Morgan fingerprint density at radius 3 is 2.22 bits per heavy atom. The predicted octanol–water partition coefficient (Wildman–Crippen LogP) is -0.394. The highest BCUT2D eigenvalue weighted by atomic mass is 16.1. The van der Waals surface area contributed by atoms with Gasteiger partial charge in [-0.3, -0.25) is 4.79 Å². The van der Waals surface area contributed by atoms with Gasteiger partial charge in [-0.05, 0) is 12.4 Å². The van der Waals surface area contributed by atoms with E-state index in [1.165, 1.54) is 0 Å². The summed E-state index contributed by atoms with van der Waals surface area (Å²) in [4.78, 5) is 11.0. The van der Waals surface area contributed by atoms with E-state index in [-0.39, 0.29) is 11.1 Å². The molecule has 2 nitrogen and oxygen atoms in total. The smallest absolute Gasteiger partial charge is 0.144 e. The second-order valence-electron chi connectivity index (χ2n) is 3.20. The molecule has 0 rings (SSSR count). The minimum atomic E-state index is -0.191. The second-order valence-corrected chi connectivity index (χ2v) is 3.20. The van der Waals surface area contributed by atoms with Gasteiger partial charge in [-0.15, -0.1) is 0 Å². The first-order valence-corrected chi connectivity index (χ1v) is 3.16. The van der Waals surface area contributed by atoms with Gasteiger partial charge < -0.3 is 5.32 Å². The highest BCUT2D eigenvalue weighted by Crippen LogP contribution is 2.17. The van der Waals surface area contributed by atoms with Crippen molar-refractivity contribution in [1.29, 1.82) is 0 Å². The topological polar surface area (TPSA) is 29.1 Å². The molecule has 0 atom stereocenters. The molecule has 0 aliphatic heterocycles. The lowest BCUT2D eigenvalue weighted by atomic mass is 9.69. The summed E-state index contributed by atoms with van der Waals surface area (Å²) in [7, 11) is 3.70. The molecule has 0 fully saturated rings. The van der Waals surface area contributed by atoms with Crippen LogP contribution in [-0.4, -0.2) is 27.2 Å². The number of hydrogen-bond acceptors (Lipinski definition) is 2. The van der Waals surface area contributed by atoms with Crippen molar-refractivity contribution in [2.75, 3.05) is 13.6 Å². The molecule has 0 heterocycles. The Balaban J connectivity index is 3.74. The van der Waals surface area contributed by atoms with Crippen LogP contribution in [-0.2, 0) is 4.79 Å². The zero-order valence-electron chi connectivity index (χ0n) is 6.62. The van der Waals surface area contributed by atoms with Crippen LogP contribution in [0.4, 0.5) is 0 Å². The molecule has 0 bridgehead atoms. The normalized spacial score (nSPS) is 11.4. The van der Waals surface area contributed by atoms with Crippen molar-refractivity contribution in [2.24, 2.45) is 0 Å². The summed E-state index contributed by atoms with van der Waals surface area (Å²) in [6, 6.07) is 0. The van der Waals surface area contributed by atoms with Crippen LogP contribution in [0.1, 0.15) is 13.8 Å². The van der Waals surface area contributed by atoms with E-state index < -0.39 is 0 Å². The number of Topliss-reactive ketones (excluding diaryl/α,β-unsaturated/α-hetero) is 1. The fourth-order valence-corrected chi connectivity index (χ4v) is 0.426. The molecule has 0 unspecified atom stereocenters. The first-order valence-electron chi connectivity index (χ1n) is 3.16. The van der Waals surface area contributed by atoms with Crippen molar-refractivity contribution in [3.63, 3.8) is 0 Å². The van der Waals surface area contributed by atoms with Crippen molar-refractivity contribution in [1.82, 2.24) is 5.32 Å². The van der Waals surface area contributed by atoms with Gasteiger partial charge in [0, 0.05) is 0 Å². The summed E-state index contributed by atoms with van der Waals surface area (Å²) in [5.41, 5.74) is 0. The maximum absolute atomic E-state index is 11.0. The average molecular weight is 127 g/mol. The van der Waals surface area contributed by atoms with Gasteiger partial charge in [0.2, 0.25) is 0 Å². The van der Waals surface area contributed by atoms with E-state index in [9.17, 15) is 4.79 Å². The summed E-state index contributed by atoms with van der Waals surface area (Å²) in [6.07, 6.45) is 0. The molecule has 0 spiro atoms. The number of carbonyl (C=O) groups excluding carboxylic acids is 1. The number of carbonyl (C=O) groups is 1. The van der Waals surface area contributed by atoms with Crippen LogP contribution in [0.5, 0.6) is 0 Å². The first-order chi connectivity index (χ1) is 3.98. The monoisotopic (exact) mass is 127 g/mol. The van der Waals surface area contributed by atoms with Crippen molar-refractivity contribution >= 4 is 13.6 Å². The first kappa shape index (κ1) is 8.69. The van der Waals surface area contributed by atoms with E-state index in [2.05, 4.69) is 5.32 Å². The van der Waals surface area contributed by atoms with Gasteiger partial charge in [0.05, 0.1) is 6.54 Å². The fourth-order valence-electron chi connectivity index (χ4n) is 0.426. The Bertz CT molecular complexity index is 106. The van der Waals surface area contributed by atoms with E-state index in [0.29, 0.717) is 6.54 Å². The molecule has 9 heavy (non-hydrogen) atoms. The molecular formula is C6H14BNO. The number of likely N-dealkylation sites (N-methyl/N-ethyl adjacent to an activating group) is 1. The Morgan fingerprint density at radius 1 is 1.67 bits per heavy atom. The largest absolute Gasteiger partial charge is 0.313 e. The molecule has 0 saturated heterocycles. The van der Waals surface area contributed by atoms with Crippen LogP contribution in [0.3, 0.4) is 0 Å². The second kappa shape index (κ2) is 3.02. The quantitative estimate of drug-likeness (QED) is 0.523. The number of ketones is 1. The zero-order valence-corrected chi connectivity index (χ0v) is 6.62. The van der Waals surface area contributed by atoms with E-state index in [0.717, 1.165) is 0 Å². The molecule has 0 saturated carbocycles. The average Bonchev–Trinajstić information content (AvgIpc) is 1.64. The summed E-state index contributed by atoms with van der Waals surface area (Å²) in [5.74, 6) is 0.255. The number of rotatable bonds is 3. The van der Waals surface area contributed by atoms with Crippen LogP contribution in [0.2, 0.25) is 5.31 Å². The highest BCUT2D eigenvalue weighted by molar-refractivity contribution is 6.28. The van der Waals surface area contributed by atoms with Crippen molar-refractivity contribution in [2.45, 2.75) is 19.2 Å². The number of nitrogens with one attached hydrogen (secondary N) is 1. The third kappa shape index (κ3) is 3.30. The van der Waals surface area contributed by atoms with Gasteiger partial charge in [-0.1, -0.05) is 13.8 Å². The van der Waals surface area contributed by atoms with Crippen LogP contribution in [0, 0.1) is 0 Å². The minimum absolute atomic E-state index is 0.191. The van der Waals surface area contributed by atoms with Crippen LogP contribution in [0.25, 0.3) is 0 Å². The predicted molar refractivity (Wildman–Crippen MR) is 41.5 cm³/mol. The van der Waals surface area contributed by atoms with Crippen LogP contribution in [0.15, 0.2) is 0 Å². The van der Waals surface area contributed by atoms with Crippen LogP contribution >= 0.6 is 0 Å². The van der Waals surface area contributed by atoms with Crippen LogP contribution < -0.4 is 5.32 Å². The van der Waals surface area contributed by atoms with E-state index in [1.807, 2.05) is 21.7 Å². The lowest BCUT2D eigenvalue weighted by molar-refractivity contribution is -0.120. The van der Waals surface area contributed by atoms with Gasteiger partial charge in [0.1, 0.15) is 13.6 Å². The molecule has 0 radical (unpaired) electrons. The molecule has 0 aliphatic carbocycles. The third-order valence-electron chi connectivity index (χ3n) is 1.17. The molecule has 52 valence electrons. The third-order valence-corrected chi connectivity index (χ3v) is 1.17. The molecule has 0 aliphatic rings. The van der Waals surface area contributed by atoms with E-state index in [4.69, 9.17) is 0 Å². The highest BCUT2D eigenvalue weighted by Gasteiger charge is 2.19. The number of hydrogen-bond donors (Lipinski definition) is 1. The maximum atomic E-state index is 11.0. The minimum Gasteiger partial charge on any atom is -0.313 e. The summed E-state index contributed by atoms with van der Waals surface area (Å²) in [5, 5.41) is 2.63. The molecule has 3 heteroatoms. The summed E-state index contributed by atoms with van der Waals surface area (Å²) >= 11 is 0. The van der Waals surface area contributed by atoms with E-state index >= 15 is 0 Å². The molecule has 0 aromatic carbocycles. The maximum Gasteiger partial charge on any atom is 0.144 e. The SMILES string of the molecule is BC(C)(C)C(=O)CNC. The van der Waals surface area contributed by atoms with Gasteiger partial charge in [0.15, 0.2) is 0 Å². The molecular weight excluding hydrogens is 113 g/mol. The summed E-state index contributed by atoms with van der Waals surface area (Å²) in [6.45, 7) is 4.32.